The molecule has 0 saturated heterocycles. The fourth-order valence-corrected chi connectivity index (χ4v) is 1.96. The zero-order valence-corrected chi connectivity index (χ0v) is 11.8. The van der Waals surface area contributed by atoms with Crippen LogP contribution in [0.15, 0.2) is 18.2 Å². The number of rotatable bonds is 8. The maximum Gasteiger partial charge on any atom is 0.419 e. The molecule has 0 aromatic heterocycles. The van der Waals surface area contributed by atoms with Crippen LogP contribution < -0.4 is 10.5 Å². The van der Waals surface area contributed by atoms with E-state index in [4.69, 9.17) is 10.5 Å². The molecule has 0 spiro atoms. The zero-order valence-electron chi connectivity index (χ0n) is 11.8. The maximum absolute atomic E-state index is 13.0. The molecular formula is C15H22F3NO. The molecule has 20 heavy (non-hydrogen) atoms. The molecule has 0 amide bonds. The van der Waals surface area contributed by atoms with E-state index >= 15 is 0 Å². The molecule has 114 valence electrons. The topological polar surface area (TPSA) is 35.2 Å². The van der Waals surface area contributed by atoms with Crippen LogP contribution in [0.1, 0.15) is 43.7 Å². The molecule has 5 heteroatoms. The summed E-state index contributed by atoms with van der Waals surface area (Å²) >= 11 is 0. The molecule has 2 N–H and O–H groups in total. The van der Waals surface area contributed by atoms with Crippen molar-refractivity contribution in [3.8, 4) is 5.75 Å². The highest BCUT2D eigenvalue weighted by atomic mass is 19.4. The Bertz CT molecular complexity index is 405. The van der Waals surface area contributed by atoms with Gasteiger partial charge in [0.2, 0.25) is 0 Å². The molecule has 1 aromatic rings. The summed E-state index contributed by atoms with van der Waals surface area (Å²) in [5.41, 5.74) is 5.24. The molecule has 0 aliphatic rings. The van der Waals surface area contributed by atoms with E-state index in [2.05, 4.69) is 6.92 Å². The number of unbranched alkanes of at least 4 members (excludes halogenated alkanes) is 3. The van der Waals surface area contributed by atoms with Crippen LogP contribution in [0.2, 0.25) is 0 Å². The van der Waals surface area contributed by atoms with Crippen LogP contribution >= 0.6 is 0 Å². The number of nitrogens with two attached hydrogens (primary N) is 1. The summed E-state index contributed by atoms with van der Waals surface area (Å²) < 4.78 is 44.3. The molecule has 0 saturated carbocycles. The fraction of sp³-hybridized carbons (Fsp3) is 0.600. The SMILES string of the molecule is CCCCCCOc1ccc(CCN)cc1C(F)(F)F. The zero-order chi connectivity index (χ0) is 15.0. The summed E-state index contributed by atoms with van der Waals surface area (Å²) in [7, 11) is 0. The van der Waals surface area contributed by atoms with Gasteiger partial charge in [-0.25, -0.2) is 0 Å². The highest BCUT2D eigenvalue weighted by molar-refractivity contribution is 5.39. The van der Waals surface area contributed by atoms with Crippen LogP contribution in [0.5, 0.6) is 5.75 Å². The molecule has 0 aliphatic heterocycles. The molecular weight excluding hydrogens is 267 g/mol. The Morgan fingerprint density at radius 3 is 2.50 bits per heavy atom. The Labute approximate surface area is 118 Å². The van der Waals surface area contributed by atoms with Crippen molar-refractivity contribution in [2.24, 2.45) is 5.73 Å². The summed E-state index contributed by atoms with van der Waals surface area (Å²) in [5.74, 6) is -0.0882. The number of halogens is 3. The van der Waals surface area contributed by atoms with Gasteiger partial charge < -0.3 is 10.5 Å². The van der Waals surface area contributed by atoms with Crippen molar-refractivity contribution in [3.63, 3.8) is 0 Å². The Hall–Kier alpha value is -1.23. The van der Waals surface area contributed by atoms with Gasteiger partial charge in [-0.1, -0.05) is 32.3 Å². The number of hydrogen-bond acceptors (Lipinski definition) is 2. The lowest BCUT2D eigenvalue weighted by Gasteiger charge is -2.15. The van der Waals surface area contributed by atoms with E-state index in [1.54, 1.807) is 6.07 Å². The minimum atomic E-state index is -4.40. The van der Waals surface area contributed by atoms with E-state index in [1.807, 2.05) is 0 Å². The smallest absolute Gasteiger partial charge is 0.419 e. The van der Waals surface area contributed by atoms with Gasteiger partial charge in [-0.2, -0.15) is 13.2 Å². The first-order chi connectivity index (χ1) is 9.49. The van der Waals surface area contributed by atoms with Crippen molar-refractivity contribution in [2.75, 3.05) is 13.2 Å². The number of benzene rings is 1. The van der Waals surface area contributed by atoms with Gasteiger partial charge in [0, 0.05) is 0 Å². The summed E-state index contributed by atoms with van der Waals surface area (Å²) in [6, 6.07) is 4.17. The number of ether oxygens (including phenoxy) is 1. The Morgan fingerprint density at radius 1 is 1.15 bits per heavy atom. The number of hydrogen-bond donors (Lipinski definition) is 1. The highest BCUT2D eigenvalue weighted by Crippen LogP contribution is 2.37. The van der Waals surface area contributed by atoms with Crippen molar-refractivity contribution < 1.29 is 17.9 Å². The Kier molecular flexibility index (Phi) is 6.85. The van der Waals surface area contributed by atoms with Crippen molar-refractivity contribution in [1.82, 2.24) is 0 Å². The second kappa shape index (κ2) is 8.15. The second-order valence-corrected chi connectivity index (χ2v) is 4.78. The van der Waals surface area contributed by atoms with Gasteiger partial charge >= 0.3 is 6.18 Å². The molecule has 0 atom stereocenters. The summed E-state index contributed by atoms with van der Waals surface area (Å²) in [6.45, 7) is 2.73. The fourth-order valence-electron chi connectivity index (χ4n) is 1.96. The summed E-state index contributed by atoms with van der Waals surface area (Å²) in [5, 5.41) is 0. The summed E-state index contributed by atoms with van der Waals surface area (Å²) in [4.78, 5) is 0. The average Bonchev–Trinajstić information content (AvgIpc) is 2.39. The van der Waals surface area contributed by atoms with Gasteiger partial charge in [0.25, 0.3) is 0 Å². The molecule has 0 bridgehead atoms. The van der Waals surface area contributed by atoms with Gasteiger partial charge in [-0.3, -0.25) is 0 Å². The van der Waals surface area contributed by atoms with E-state index in [1.165, 1.54) is 6.07 Å². The Morgan fingerprint density at radius 2 is 1.90 bits per heavy atom. The molecule has 0 aliphatic carbocycles. The van der Waals surface area contributed by atoms with Crippen LogP contribution in [0.3, 0.4) is 0 Å². The first kappa shape index (κ1) is 16.8. The largest absolute Gasteiger partial charge is 0.493 e. The predicted molar refractivity (Wildman–Crippen MR) is 73.8 cm³/mol. The maximum atomic E-state index is 13.0. The minimum absolute atomic E-state index is 0.0882. The highest BCUT2D eigenvalue weighted by Gasteiger charge is 2.34. The van der Waals surface area contributed by atoms with Crippen LogP contribution in [0, 0.1) is 0 Å². The summed E-state index contributed by atoms with van der Waals surface area (Å²) in [6.07, 6.45) is -0.0610. The lowest BCUT2D eigenvalue weighted by molar-refractivity contribution is -0.139. The first-order valence-electron chi connectivity index (χ1n) is 7.02. The van der Waals surface area contributed by atoms with Crippen LogP contribution in [-0.2, 0) is 12.6 Å². The van der Waals surface area contributed by atoms with Crippen LogP contribution in [0.4, 0.5) is 13.2 Å². The minimum Gasteiger partial charge on any atom is -0.493 e. The first-order valence-corrected chi connectivity index (χ1v) is 7.02. The van der Waals surface area contributed by atoms with E-state index in [0.717, 1.165) is 31.7 Å². The van der Waals surface area contributed by atoms with E-state index < -0.39 is 11.7 Å². The molecule has 2 nitrogen and oxygen atoms in total. The van der Waals surface area contributed by atoms with E-state index in [9.17, 15) is 13.2 Å². The quantitative estimate of drug-likeness (QED) is 0.729. The third-order valence-electron chi connectivity index (χ3n) is 3.04. The predicted octanol–water partition coefficient (Wildman–Crippen LogP) is 4.17. The Balaban J connectivity index is 2.73. The van der Waals surface area contributed by atoms with Gasteiger partial charge in [-0.05, 0) is 37.1 Å². The molecule has 0 radical (unpaired) electrons. The lowest BCUT2D eigenvalue weighted by Crippen LogP contribution is -2.11. The van der Waals surface area contributed by atoms with Gasteiger partial charge in [0.05, 0.1) is 12.2 Å². The van der Waals surface area contributed by atoms with Crippen molar-refractivity contribution in [1.29, 1.82) is 0 Å². The van der Waals surface area contributed by atoms with Crippen LogP contribution in [-0.4, -0.2) is 13.2 Å². The van der Waals surface area contributed by atoms with Crippen molar-refractivity contribution in [3.05, 3.63) is 29.3 Å². The molecule has 0 unspecified atom stereocenters. The standard InChI is InChI=1S/C15H22F3NO/c1-2-3-4-5-10-20-14-7-6-12(8-9-19)11-13(14)15(16,17)18/h6-7,11H,2-5,8-10,19H2,1H3. The van der Waals surface area contributed by atoms with Gasteiger partial charge in [0.1, 0.15) is 5.75 Å². The normalized spacial score (nSPS) is 11.7. The third kappa shape index (κ3) is 5.41. The van der Waals surface area contributed by atoms with Crippen molar-refractivity contribution in [2.45, 2.75) is 45.2 Å². The molecule has 1 rings (SSSR count). The number of alkyl halides is 3. The van der Waals surface area contributed by atoms with Crippen LogP contribution in [0.25, 0.3) is 0 Å². The lowest BCUT2D eigenvalue weighted by atomic mass is 10.1. The second-order valence-electron chi connectivity index (χ2n) is 4.78. The average molecular weight is 289 g/mol. The molecule has 0 heterocycles. The van der Waals surface area contributed by atoms with Crippen molar-refractivity contribution >= 4 is 0 Å². The molecule has 1 aromatic carbocycles. The van der Waals surface area contributed by atoms with Gasteiger partial charge in [-0.15, -0.1) is 0 Å². The van der Waals surface area contributed by atoms with E-state index in [0.29, 0.717) is 25.1 Å². The van der Waals surface area contributed by atoms with Gasteiger partial charge in [0.15, 0.2) is 0 Å². The van der Waals surface area contributed by atoms with E-state index in [-0.39, 0.29) is 5.75 Å². The third-order valence-corrected chi connectivity index (χ3v) is 3.04. The monoisotopic (exact) mass is 289 g/mol. The molecule has 0 fully saturated rings.